The lowest BCUT2D eigenvalue weighted by Gasteiger charge is -2.23. The number of Topliss-reactive ketones (excluding diaryl/α,β-unsaturated/α-hetero) is 1. The first-order valence-electron chi connectivity index (χ1n) is 12.1. The van der Waals surface area contributed by atoms with Crippen LogP contribution in [0.15, 0.2) is 53.1 Å². The fraction of sp³-hybridized carbons (Fsp3) is 0.357. The van der Waals surface area contributed by atoms with E-state index in [0.29, 0.717) is 28.3 Å². The van der Waals surface area contributed by atoms with E-state index in [1.807, 2.05) is 0 Å². The summed E-state index contributed by atoms with van der Waals surface area (Å²) < 4.78 is 19.6. The molecule has 2 atom stereocenters. The van der Waals surface area contributed by atoms with Gasteiger partial charge in [0.1, 0.15) is 11.6 Å². The van der Waals surface area contributed by atoms with Crippen molar-refractivity contribution in [3.63, 3.8) is 0 Å². The van der Waals surface area contributed by atoms with Gasteiger partial charge in [-0.05, 0) is 68.9 Å². The molecular weight excluding hydrogens is 513 g/mol. The first kappa shape index (κ1) is 29.0. The molecule has 0 aliphatic carbocycles. The van der Waals surface area contributed by atoms with Crippen molar-refractivity contribution in [2.24, 2.45) is 17.6 Å². The van der Waals surface area contributed by atoms with Crippen molar-refractivity contribution < 1.29 is 28.3 Å². The monoisotopic (exact) mass is 543 g/mol. The summed E-state index contributed by atoms with van der Waals surface area (Å²) >= 11 is 6.02. The van der Waals surface area contributed by atoms with E-state index < -0.39 is 35.1 Å². The third-order valence-corrected chi connectivity index (χ3v) is 6.35. The van der Waals surface area contributed by atoms with Crippen LogP contribution in [-0.2, 0) is 16.0 Å². The lowest BCUT2D eigenvalue weighted by Crippen LogP contribution is -2.50. The predicted octanol–water partition coefficient (Wildman–Crippen LogP) is 4.82. The topological polar surface area (TPSA) is 136 Å². The van der Waals surface area contributed by atoms with E-state index in [9.17, 15) is 23.9 Å². The number of oxazole rings is 1. The SMILES string of the molecule is Cc1cnc(C(=O)C[C@H](Cc2ccc(-c3cc(Cl)ccc3F)cc2)C[C@@H](CNC(=O)C(C)(C)N)C(=O)O)o1. The number of hydrogen-bond acceptors (Lipinski definition) is 6. The molecule has 4 N–H and O–H groups in total. The quantitative estimate of drug-likeness (QED) is 0.279. The Morgan fingerprint density at radius 2 is 1.87 bits per heavy atom. The third kappa shape index (κ3) is 7.97. The number of amides is 1. The fourth-order valence-corrected chi connectivity index (χ4v) is 4.23. The molecule has 0 saturated heterocycles. The van der Waals surface area contributed by atoms with Gasteiger partial charge in [-0.1, -0.05) is 35.9 Å². The molecule has 1 aromatic heterocycles. The third-order valence-electron chi connectivity index (χ3n) is 6.11. The summed E-state index contributed by atoms with van der Waals surface area (Å²) in [6.45, 7) is 4.59. The number of hydrogen-bond donors (Lipinski definition) is 3. The molecule has 0 aliphatic rings. The Kier molecular flexibility index (Phi) is 9.40. The van der Waals surface area contributed by atoms with Crippen LogP contribution in [0.3, 0.4) is 0 Å². The van der Waals surface area contributed by atoms with Crippen LogP contribution in [0.4, 0.5) is 4.39 Å². The van der Waals surface area contributed by atoms with E-state index in [1.54, 1.807) is 37.3 Å². The minimum absolute atomic E-state index is 0.00919. The fourth-order valence-electron chi connectivity index (χ4n) is 4.06. The summed E-state index contributed by atoms with van der Waals surface area (Å²) in [5.74, 6) is -3.24. The minimum atomic E-state index is -1.16. The molecular formula is C28H31ClFN3O5. The molecule has 38 heavy (non-hydrogen) atoms. The summed E-state index contributed by atoms with van der Waals surface area (Å²) in [6.07, 6.45) is 1.91. The van der Waals surface area contributed by atoms with Gasteiger partial charge in [0.05, 0.1) is 17.7 Å². The summed E-state index contributed by atoms with van der Waals surface area (Å²) in [6, 6.07) is 11.4. The highest BCUT2D eigenvalue weighted by Gasteiger charge is 2.29. The maximum Gasteiger partial charge on any atom is 0.308 e. The maximum atomic E-state index is 14.3. The van der Waals surface area contributed by atoms with Gasteiger partial charge in [-0.3, -0.25) is 14.4 Å². The molecule has 1 heterocycles. The minimum Gasteiger partial charge on any atom is -0.481 e. The standard InChI is InChI=1S/C28H31ClFN3O5/c1-16-14-32-25(38-16)24(34)12-18(11-20(26(35)36)15-33-27(37)28(2,3)31)10-17-4-6-19(7-5-17)22-13-21(29)8-9-23(22)30/h4-9,13-14,18,20H,10-12,15,31H2,1-3H3,(H,33,37)(H,35,36)/t18-,20+/m1/s1. The Balaban J connectivity index is 1.80. The van der Waals surface area contributed by atoms with Crippen LogP contribution in [-0.4, -0.2) is 39.8 Å². The van der Waals surface area contributed by atoms with Crippen LogP contribution in [0.2, 0.25) is 5.02 Å². The number of ketones is 1. The van der Waals surface area contributed by atoms with E-state index >= 15 is 0 Å². The Bertz CT molecular complexity index is 1300. The van der Waals surface area contributed by atoms with E-state index in [1.165, 1.54) is 32.2 Å². The maximum absolute atomic E-state index is 14.3. The number of nitrogens with two attached hydrogens (primary N) is 1. The number of carbonyl (C=O) groups excluding carboxylic acids is 2. The normalized spacial score (nSPS) is 13.1. The number of aliphatic carboxylic acids is 1. The lowest BCUT2D eigenvalue weighted by molar-refractivity contribution is -0.142. The van der Waals surface area contributed by atoms with Crippen LogP contribution in [0, 0.1) is 24.6 Å². The van der Waals surface area contributed by atoms with Gasteiger partial charge in [0.15, 0.2) is 0 Å². The molecule has 0 radical (unpaired) electrons. The number of rotatable bonds is 12. The Morgan fingerprint density at radius 3 is 2.45 bits per heavy atom. The van der Waals surface area contributed by atoms with E-state index in [2.05, 4.69) is 10.3 Å². The molecule has 0 unspecified atom stereocenters. The van der Waals surface area contributed by atoms with Crippen molar-refractivity contribution in [3.05, 3.63) is 76.7 Å². The van der Waals surface area contributed by atoms with E-state index in [4.69, 9.17) is 21.8 Å². The van der Waals surface area contributed by atoms with Gasteiger partial charge in [0.25, 0.3) is 5.89 Å². The van der Waals surface area contributed by atoms with Gasteiger partial charge in [0, 0.05) is 23.6 Å². The van der Waals surface area contributed by atoms with Gasteiger partial charge >= 0.3 is 5.97 Å². The van der Waals surface area contributed by atoms with Crippen molar-refractivity contribution in [2.75, 3.05) is 6.54 Å². The zero-order valence-electron chi connectivity index (χ0n) is 21.5. The molecule has 2 aromatic carbocycles. The number of carbonyl (C=O) groups is 3. The van der Waals surface area contributed by atoms with Crippen molar-refractivity contribution >= 4 is 29.3 Å². The van der Waals surface area contributed by atoms with Gasteiger partial charge in [0.2, 0.25) is 11.7 Å². The number of carboxylic acids is 1. The van der Waals surface area contributed by atoms with Gasteiger partial charge in [-0.25, -0.2) is 9.37 Å². The zero-order valence-corrected chi connectivity index (χ0v) is 22.2. The lowest BCUT2D eigenvalue weighted by atomic mass is 9.85. The highest BCUT2D eigenvalue weighted by molar-refractivity contribution is 6.30. The summed E-state index contributed by atoms with van der Waals surface area (Å²) in [5, 5.41) is 12.8. The molecule has 0 aliphatic heterocycles. The highest BCUT2D eigenvalue weighted by Crippen LogP contribution is 2.28. The van der Waals surface area contributed by atoms with E-state index in [0.717, 1.165) is 5.56 Å². The molecule has 0 saturated carbocycles. The second-order valence-electron chi connectivity index (χ2n) is 10.00. The van der Waals surface area contributed by atoms with E-state index in [-0.39, 0.29) is 31.1 Å². The van der Waals surface area contributed by atoms with Gasteiger partial charge < -0.3 is 20.6 Å². The summed E-state index contributed by atoms with van der Waals surface area (Å²) in [7, 11) is 0. The molecule has 10 heteroatoms. The second kappa shape index (κ2) is 12.3. The average Bonchev–Trinajstić information content (AvgIpc) is 3.29. The average molecular weight is 544 g/mol. The van der Waals surface area contributed by atoms with Crippen LogP contribution >= 0.6 is 11.6 Å². The number of nitrogens with one attached hydrogen (secondary N) is 1. The molecule has 202 valence electrons. The summed E-state index contributed by atoms with van der Waals surface area (Å²) in [5.41, 5.74) is 6.46. The highest BCUT2D eigenvalue weighted by atomic mass is 35.5. The molecule has 8 nitrogen and oxygen atoms in total. The first-order chi connectivity index (χ1) is 17.8. The van der Waals surface area contributed by atoms with Crippen LogP contribution < -0.4 is 11.1 Å². The zero-order chi connectivity index (χ0) is 28.0. The molecule has 0 fully saturated rings. The molecule has 3 rings (SSSR count). The molecule has 0 bridgehead atoms. The van der Waals surface area contributed by atoms with Crippen LogP contribution in [0.1, 0.15) is 48.7 Å². The van der Waals surface area contributed by atoms with Crippen LogP contribution in [0.5, 0.6) is 0 Å². The second-order valence-corrected chi connectivity index (χ2v) is 10.4. The predicted molar refractivity (Wildman–Crippen MR) is 141 cm³/mol. The number of benzene rings is 2. The number of halogens is 2. The number of aromatic nitrogens is 1. The Labute approximate surface area is 225 Å². The Morgan fingerprint density at radius 1 is 1.18 bits per heavy atom. The Hall–Kier alpha value is -3.56. The molecule has 0 spiro atoms. The first-order valence-corrected chi connectivity index (χ1v) is 12.5. The van der Waals surface area contributed by atoms with Crippen molar-refractivity contribution in [1.82, 2.24) is 10.3 Å². The molecule has 1 amide bonds. The number of carboxylic acid groups (broad SMARTS) is 1. The number of aryl methyl sites for hydroxylation is 1. The molecule has 3 aromatic rings. The van der Waals surface area contributed by atoms with Crippen molar-refractivity contribution in [2.45, 2.75) is 45.6 Å². The van der Waals surface area contributed by atoms with Crippen molar-refractivity contribution in [3.8, 4) is 11.1 Å². The van der Waals surface area contributed by atoms with Gasteiger partial charge in [-0.2, -0.15) is 0 Å². The van der Waals surface area contributed by atoms with Crippen molar-refractivity contribution in [1.29, 1.82) is 0 Å². The largest absolute Gasteiger partial charge is 0.481 e. The van der Waals surface area contributed by atoms with Gasteiger partial charge in [-0.15, -0.1) is 0 Å². The number of nitrogens with zero attached hydrogens (tertiary/aromatic N) is 1. The van der Waals surface area contributed by atoms with Crippen LogP contribution in [0.25, 0.3) is 11.1 Å². The smallest absolute Gasteiger partial charge is 0.308 e. The summed E-state index contributed by atoms with van der Waals surface area (Å²) in [4.78, 5) is 41.1.